The summed E-state index contributed by atoms with van der Waals surface area (Å²) in [6.45, 7) is 10.4. The second kappa shape index (κ2) is 9.62. The van der Waals surface area contributed by atoms with Gasteiger partial charge in [0.1, 0.15) is 6.10 Å². The zero-order chi connectivity index (χ0) is 23.5. The van der Waals surface area contributed by atoms with Crippen LogP contribution >= 0.6 is 0 Å². The van der Waals surface area contributed by atoms with Gasteiger partial charge in [0, 0.05) is 12.3 Å². The maximum atomic E-state index is 12.9. The summed E-state index contributed by atoms with van der Waals surface area (Å²) in [6, 6.07) is 8.86. The summed E-state index contributed by atoms with van der Waals surface area (Å²) in [5, 5.41) is 19.5. The minimum atomic E-state index is -0.969. The van der Waals surface area contributed by atoms with Gasteiger partial charge in [0.15, 0.2) is 0 Å². The SMILES string of the molecule is C=C1CC(OC(=O)c2ccccc2)C2[C@](C)(C(=O)O)CCC[C@]2(C)[C@@H]1CC/C(C)=C/CO. The molecule has 5 heteroatoms. The van der Waals surface area contributed by atoms with E-state index in [-0.39, 0.29) is 23.9 Å². The Bertz CT molecular complexity index is 889. The fraction of sp³-hybridized carbons (Fsp3) is 0.556. The molecule has 3 rings (SSSR count). The Morgan fingerprint density at radius 2 is 1.91 bits per heavy atom. The molecule has 2 saturated carbocycles. The van der Waals surface area contributed by atoms with Crippen molar-refractivity contribution < 1.29 is 24.5 Å². The first-order valence-corrected chi connectivity index (χ1v) is 11.6. The van der Waals surface area contributed by atoms with E-state index in [1.807, 2.05) is 26.0 Å². The number of hydrogen-bond donors (Lipinski definition) is 2. The molecule has 1 aromatic carbocycles. The number of allylic oxidation sites excluding steroid dienone is 1. The monoisotopic (exact) mass is 440 g/mol. The maximum absolute atomic E-state index is 12.9. The number of carbonyl (C=O) groups is 2. The Morgan fingerprint density at radius 1 is 1.22 bits per heavy atom. The van der Waals surface area contributed by atoms with Gasteiger partial charge in [-0.15, -0.1) is 0 Å². The molecule has 2 aliphatic rings. The van der Waals surface area contributed by atoms with Crippen molar-refractivity contribution in [3.05, 3.63) is 59.7 Å². The Kier molecular flexibility index (Phi) is 7.29. The smallest absolute Gasteiger partial charge is 0.338 e. The van der Waals surface area contributed by atoms with Crippen LogP contribution in [-0.2, 0) is 9.53 Å². The van der Waals surface area contributed by atoms with Crippen LogP contribution in [0.15, 0.2) is 54.1 Å². The molecule has 0 bridgehead atoms. The maximum Gasteiger partial charge on any atom is 0.338 e. The molecule has 0 radical (unpaired) electrons. The van der Waals surface area contributed by atoms with E-state index in [1.54, 1.807) is 24.3 Å². The molecule has 0 saturated heterocycles. The van der Waals surface area contributed by atoms with Gasteiger partial charge in [-0.1, -0.05) is 55.3 Å². The first-order chi connectivity index (χ1) is 15.1. The topological polar surface area (TPSA) is 83.8 Å². The van der Waals surface area contributed by atoms with Gasteiger partial charge in [0.2, 0.25) is 0 Å². The quantitative estimate of drug-likeness (QED) is 0.438. The predicted octanol–water partition coefficient (Wildman–Crippen LogP) is 5.40. The molecule has 0 aromatic heterocycles. The molecule has 5 nitrogen and oxygen atoms in total. The number of rotatable bonds is 7. The number of hydrogen-bond acceptors (Lipinski definition) is 4. The second-order valence-corrected chi connectivity index (χ2v) is 10.1. The molecule has 174 valence electrons. The van der Waals surface area contributed by atoms with Crippen molar-refractivity contribution in [3.8, 4) is 0 Å². The van der Waals surface area contributed by atoms with Crippen LogP contribution in [0.2, 0.25) is 0 Å². The van der Waals surface area contributed by atoms with Crippen molar-refractivity contribution >= 4 is 11.9 Å². The van der Waals surface area contributed by atoms with E-state index >= 15 is 0 Å². The van der Waals surface area contributed by atoms with Crippen LogP contribution < -0.4 is 0 Å². The molecule has 0 heterocycles. The van der Waals surface area contributed by atoms with E-state index in [4.69, 9.17) is 4.74 Å². The summed E-state index contributed by atoms with van der Waals surface area (Å²) in [5.74, 6) is -1.40. The molecular formula is C27H36O5. The van der Waals surface area contributed by atoms with Gasteiger partial charge in [-0.05, 0) is 63.0 Å². The molecule has 2 fully saturated rings. The Morgan fingerprint density at radius 3 is 2.53 bits per heavy atom. The van der Waals surface area contributed by atoms with Gasteiger partial charge in [0.25, 0.3) is 0 Å². The first-order valence-electron chi connectivity index (χ1n) is 11.6. The Balaban J connectivity index is 1.96. The third kappa shape index (κ3) is 4.54. The van der Waals surface area contributed by atoms with Gasteiger partial charge in [-0.3, -0.25) is 4.79 Å². The minimum Gasteiger partial charge on any atom is -0.481 e. The fourth-order valence-electron chi connectivity index (χ4n) is 6.38. The zero-order valence-electron chi connectivity index (χ0n) is 19.5. The lowest BCUT2D eigenvalue weighted by Gasteiger charge is -2.59. The number of fused-ring (bicyclic) bond motifs is 1. The highest BCUT2D eigenvalue weighted by atomic mass is 16.5. The average molecular weight is 441 g/mol. The summed E-state index contributed by atoms with van der Waals surface area (Å²) in [7, 11) is 0. The lowest BCUT2D eigenvalue weighted by atomic mass is 9.45. The van der Waals surface area contributed by atoms with E-state index < -0.39 is 23.5 Å². The van der Waals surface area contributed by atoms with Crippen LogP contribution in [0.3, 0.4) is 0 Å². The van der Waals surface area contributed by atoms with Crippen LogP contribution in [0.25, 0.3) is 0 Å². The van der Waals surface area contributed by atoms with Crippen molar-refractivity contribution in [1.29, 1.82) is 0 Å². The number of carboxylic acid groups (broad SMARTS) is 1. The fourth-order valence-corrected chi connectivity index (χ4v) is 6.38. The van der Waals surface area contributed by atoms with Crippen LogP contribution in [0, 0.1) is 22.7 Å². The molecule has 2 N–H and O–H groups in total. The molecule has 0 amide bonds. The third-order valence-electron chi connectivity index (χ3n) is 7.96. The largest absolute Gasteiger partial charge is 0.481 e. The first kappa shape index (κ1) is 24.2. The third-order valence-corrected chi connectivity index (χ3v) is 7.96. The van der Waals surface area contributed by atoms with Crippen molar-refractivity contribution in [2.24, 2.45) is 22.7 Å². The average Bonchev–Trinajstić information content (AvgIpc) is 2.73. The summed E-state index contributed by atoms with van der Waals surface area (Å²) in [5.41, 5.74) is 1.32. The Hall–Kier alpha value is -2.40. The van der Waals surface area contributed by atoms with Gasteiger partial charge in [0.05, 0.1) is 17.6 Å². The number of aliphatic hydroxyl groups is 1. The van der Waals surface area contributed by atoms with Crippen LogP contribution in [0.1, 0.15) is 69.7 Å². The second-order valence-electron chi connectivity index (χ2n) is 10.1. The minimum absolute atomic E-state index is 0.0198. The van der Waals surface area contributed by atoms with Gasteiger partial charge < -0.3 is 14.9 Å². The number of ether oxygens (including phenoxy) is 1. The van der Waals surface area contributed by atoms with Gasteiger partial charge in [-0.25, -0.2) is 4.79 Å². The Labute approximate surface area is 191 Å². The molecular weight excluding hydrogens is 404 g/mol. The highest BCUT2D eigenvalue weighted by Gasteiger charge is 2.61. The summed E-state index contributed by atoms with van der Waals surface area (Å²) >= 11 is 0. The number of aliphatic carboxylic acids is 1. The van der Waals surface area contributed by atoms with Crippen LogP contribution in [0.5, 0.6) is 0 Å². The predicted molar refractivity (Wildman–Crippen MR) is 124 cm³/mol. The van der Waals surface area contributed by atoms with E-state index in [1.165, 1.54) is 0 Å². The van der Waals surface area contributed by atoms with E-state index in [9.17, 15) is 19.8 Å². The van der Waals surface area contributed by atoms with Gasteiger partial charge in [-0.2, -0.15) is 0 Å². The molecule has 2 unspecified atom stereocenters. The number of aliphatic hydroxyl groups excluding tert-OH is 1. The van der Waals surface area contributed by atoms with E-state index in [0.717, 1.165) is 36.8 Å². The van der Waals surface area contributed by atoms with Crippen molar-refractivity contribution in [2.75, 3.05) is 6.61 Å². The number of esters is 1. The van der Waals surface area contributed by atoms with Gasteiger partial charge >= 0.3 is 11.9 Å². The molecule has 1 aromatic rings. The summed E-state index contributed by atoms with van der Waals surface area (Å²) < 4.78 is 6.03. The molecule has 2 aliphatic carbocycles. The normalized spacial score (nSPS) is 32.8. The van der Waals surface area contributed by atoms with E-state index in [0.29, 0.717) is 18.4 Å². The van der Waals surface area contributed by atoms with E-state index in [2.05, 4.69) is 13.5 Å². The van der Waals surface area contributed by atoms with Crippen molar-refractivity contribution in [3.63, 3.8) is 0 Å². The van der Waals surface area contributed by atoms with Crippen molar-refractivity contribution in [2.45, 2.75) is 65.4 Å². The van der Waals surface area contributed by atoms with Crippen LogP contribution in [0.4, 0.5) is 0 Å². The standard InChI is InChI=1S/C27H36O5/c1-18(13-16-28)11-12-21-19(2)17-22(32-24(29)20-9-6-5-7-10-20)23-26(21,3)14-8-15-27(23,4)25(30)31/h5-7,9-10,13,21-23,28H,2,8,11-12,14-17H2,1,3-4H3,(H,30,31)/b18-13+/t21-,22?,23?,26-,27-/m1/s1. The highest BCUT2D eigenvalue weighted by Crippen LogP contribution is 2.62. The number of benzene rings is 1. The molecule has 0 spiro atoms. The highest BCUT2D eigenvalue weighted by molar-refractivity contribution is 5.89. The molecule has 32 heavy (non-hydrogen) atoms. The number of carbonyl (C=O) groups excluding carboxylic acids is 1. The lowest BCUT2D eigenvalue weighted by molar-refractivity contribution is -0.177. The number of carboxylic acids is 1. The van der Waals surface area contributed by atoms with Crippen molar-refractivity contribution in [1.82, 2.24) is 0 Å². The molecule has 5 atom stereocenters. The summed E-state index contributed by atoms with van der Waals surface area (Å²) in [4.78, 5) is 25.4. The lowest BCUT2D eigenvalue weighted by Crippen LogP contribution is -2.59. The molecule has 0 aliphatic heterocycles. The summed E-state index contributed by atoms with van der Waals surface area (Å²) in [6.07, 6.45) is 5.73. The zero-order valence-corrected chi connectivity index (χ0v) is 19.5. The van der Waals surface area contributed by atoms with Crippen LogP contribution in [-0.4, -0.2) is 34.9 Å².